The summed E-state index contributed by atoms with van der Waals surface area (Å²) in [5.74, 6) is 0. The third-order valence-corrected chi connectivity index (χ3v) is 4.03. The number of nitrogens with one attached hydrogen (secondary N) is 2. The Hall–Kier alpha value is -1.33. The van der Waals surface area contributed by atoms with Gasteiger partial charge in [0.2, 0.25) is 10.0 Å². The second-order valence-corrected chi connectivity index (χ2v) is 6.76. The first-order valence-corrected chi connectivity index (χ1v) is 6.87. The van der Waals surface area contributed by atoms with Crippen molar-refractivity contribution in [1.29, 1.82) is 0 Å². The Labute approximate surface area is 101 Å². The van der Waals surface area contributed by atoms with Crippen LogP contribution in [0.1, 0.15) is 20.8 Å². The van der Waals surface area contributed by atoms with Crippen LogP contribution in [0.4, 0.5) is 0 Å². The maximum atomic E-state index is 12.1. The molecule has 0 unspecified atom stereocenters. The number of sulfonamides is 1. The van der Waals surface area contributed by atoms with Gasteiger partial charge in [-0.05, 0) is 44.4 Å². The van der Waals surface area contributed by atoms with Crippen LogP contribution in [-0.4, -0.2) is 18.9 Å². The lowest BCUT2D eigenvalue weighted by Crippen LogP contribution is -2.40. The zero-order valence-corrected chi connectivity index (χ0v) is 10.9. The molecule has 0 amide bonds. The lowest BCUT2D eigenvalue weighted by Gasteiger charge is -2.20. The van der Waals surface area contributed by atoms with Crippen LogP contribution in [-0.2, 0) is 10.0 Å². The number of aromatic amines is 1. The van der Waals surface area contributed by atoms with E-state index in [9.17, 15) is 8.42 Å². The van der Waals surface area contributed by atoms with Gasteiger partial charge in [0.15, 0.2) is 0 Å². The minimum absolute atomic E-state index is 0.280. The summed E-state index contributed by atoms with van der Waals surface area (Å²) in [6.07, 6.45) is 1.79. The summed E-state index contributed by atoms with van der Waals surface area (Å²) in [6, 6.07) is 6.96. The first kappa shape index (κ1) is 12.1. The molecular formula is C12H16N2O2S. The Bertz CT molecular complexity index is 636. The van der Waals surface area contributed by atoms with Gasteiger partial charge in [0.05, 0.1) is 4.90 Å². The highest BCUT2D eigenvalue weighted by Gasteiger charge is 2.22. The molecule has 17 heavy (non-hydrogen) atoms. The fourth-order valence-corrected chi connectivity index (χ4v) is 3.10. The lowest BCUT2D eigenvalue weighted by molar-refractivity contribution is 0.491. The summed E-state index contributed by atoms with van der Waals surface area (Å²) in [5.41, 5.74) is 0.338. The van der Waals surface area contributed by atoms with Crippen LogP contribution in [0.25, 0.3) is 10.9 Å². The van der Waals surface area contributed by atoms with Crippen LogP contribution in [0, 0.1) is 0 Å². The number of aromatic nitrogens is 1. The molecule has 2 aromatic rings. The fraction of sp³-hybridized carbons (Fsp3) is 0.333. The Morgan fingerprint density at radius 1 is 1.18 bits per heavy atom. The van der Waals surface area contributed by atoms with Gasteiger partial charge >= 0.3 is 0 Å². The molecule has 0 bridgehead atoms. The molecule has 4 nitrogen and oxygen atoms in total. The predicted molar refractivity (Wildman–Crippen MR) is 68.4 cm³/mol. The van der Waals surface area contributed by atoms with E-state index < -0.39 is 15.6 Å². The van der Waals surface area contributed by atoms with E-state index in [4.69, 9.17) is 0 Å². The van der Waals surface area contributed by atoms with Gasteiger partial charge in [0.25, 0.3) is 0 Å². The third kappa shape index (κ3) is 2.68. The number of hydrogen-bond acceptors (Lipinski definition) is 2. The van der Waals surface area contributed by atoms with Crippen LogP contribution < -0.4 is 4.72 Å². The highest BCUT2D eigenvalue weighted by atomic mass is 32.2. The molecule has 0 aliphatic heterocycles. The van der Waals surface area contributed by atoms with Gasteiger partial charge in [0, 0.05) is 17.3 Å². The smallest absolute Gasteiger partial charge is 0.241 e. The van der Waals surface area contributed by atoms with Crippen molar-refractivity contribution in [2.75, 3.05) is 0 Å². The molecule has 0 fully saturated rings. The van der Waals surface area contributed by atoms with Crippen LogP contribution in [0.3, 0.4) is 0 Å². The molecule has 1 heterocycles. The van der Waals surface area contributed by atoms with E-state index in [1.165, 1.54) is 0 Å². The zero-order valence-electron chi connectivity index (χ0n) is 10.1. The van der Waals surface area contributed by atoms with Crippen molar-refractivity contribution in [2.24, 2.45) is 0 Å². The lowest BCUT2D eigenvalue weighted by atomic mass is 10.1. The van der Waals surface area contributed by atoms with E-state index in [0.29, 0.717) is 0 Å². The van der Waals surface area contributed by atoms with E-state index in [1.54, 1.807) is 24.4 Å². The number of rotatable bonds is 2. The van der Waals surface area contributed by atoms with E-state index >= 15 is 0 Å². The minimum atomic E-state index is -3.46. The van der Waals surface area contributed by atoms with Gasteiger partial charge in [0.1, 0.15) is 0 Å². The Balaban J connectivity index is 2.45. The summed E-state index contributed by atoms with van der Waals surface area (Å²) >= 11 is 0. The topological polar surface area (TPSA) is 62.0 Å². The molecule has 2 rings (SSSR count). The molecule has 0 aliphatic rings. The van der Waals surface area contributed by atoms with Gasteiger partial charge in [-0.15, -0.1) is 0 Å². The zero-order chi connectivity index (χ0) is 12.7. The molecule has 1 aromatic carbocycles. The third-order valence-electron chi connectivity index (χ3n) is 2.28. The van der Waals surface area contributed by atoms with Crippen molar-refractivity contribution < 1.29 is 8.42 Å². The monoisotopic (exact) mass is 252 g/mol. The quantitative estimate of drug-likeness (QED) is 0.861. The fourth-order valence-electron chi connectivity index (χ4n) is 1.66. The molecule has 0 radical (unpaired) electrons. The molecule has 0 atom stereocenters. The van der Waals surface area contributed by atoms with E-state index in [-0.39, 0.29) is 4.90 Å². The van der Waals surface area contributed by atoms with Crippen LogP contribution in [0.5, 0.6) is 0 Å². The Kier molecular flexibility index (Phi) is 2.75. The van der Waals surface area contributed by atoms with Crippen LogP contribution in [0.2, 0.25) is 0 Å². The summed E-state index contributed by atoms with van der Waals surface area (Å²) in [7, 11) is -3.46. The van der Waals surface area contributed by atoms with Crippen molar-refractivity contribution in [3.63, 3.8) is 0 Å². The van der Waals surface area contributed by atoms with Gasteiger partial charge in [-0.1, -0.05) is 6.07 Å². The normalized spacial score (nSPS) is 13.1. The predicted octanol–water partition coefficient (Wildman–Crippen LogP) is 2.24. The van der Waals surface area contributed by atoms with Crippen LogP contribution in [0.15, 0.2) is 35.4 Å². The first-order chi connectivity index (χ1) is 7.78. The summed E-state index contributed by atoms with van der Waals surface area (Å²) in [6.45, 7) is 5.45. The second kappa shape index (κ2) is 3.85. The summed E-state index contributed by atoms with van der Waals surface area (Å²) in [5, 5.41) is 1.000. The Morgan fingerprint density at radius 3 is 2.53 bits per heavy atom. The number of fused-ring (bicyclic) bond motifs is 1. The molecule has 0 saturated heterocycles. The average Bonchev–Trinajstić information content (AvgIpc) is 2.59. The Morgan fingerprint density at radius 2 is 1.88 bits per heavy atom. The first-order valence-electron chi connectivity index (χ1n) is 5.39. The molecule has 92 valence electrons. The van der Waals surface area contributed by atoms with Gasteiger partial charge < -0.3 is 4.98 Å². The van der Waals surface area contributed by atoms with Crippen molar-refractivity contribution in [3.8, 4) is 0 Å². The molecule has 0 saturated carbocycles. The maximum absolute atomic E-state index is 12.1. The molecule has 1 aromatic heterocycles. The van der Waals surface area contributed by atoms with Crippen molar-refractivity contribution in [3.05, 3.63) is 30.5 Å². The summed E-state index contributed by atoms with van der Waals surface area (Å²) < 4.78 is 26.8. The van der Waals surface area contributed by atoms with Gasteiger partial charge in [-0.2, -0.15) is 0 Å². The van der Waals surface area contributed by atoms with Crippen molar-refractivity contribution in [1.82, 2.24) is 9.71 Å². The van der Waals surface area contributed by atoms with Crippen molar-refractivity contribution >= 4 is 20.9 Å². The standard InChI is InChI=1S/C12H16N2O2S/c1-12(2,3)14-17(15,16)10-5-4-9-6-7-13-11(9)8-10/h4-8,13-14H,1-3H3. The van der Waals surface area contributed by atoms with Crippen LogP contribution >= 0.6 is 0 Å². The van der Waals surface area contributed by atoms with E-state index in [1.807, 2.05) is 26.8 Å². The molecule has 2 N–H and O–H groups in total. The number of H-pyrrole nitrogens is 1. The van der Waals surface area contributed by atoms with Gasteiger partial charge in [-0.25, -0.2) is 13.1 Å². The highest BCUT2D eigenvalue weighted by Crippen LogP contribution is 2.19. The molecule has 0 spiro atoms. The molecule has 5 heteroatoms. The number of benzene rings is 1. The highest BCUT2D eigenvalue weighted by molar-refractivity contribution is 7.89. The van der Waals surface area contributed by atoms with E-state index in [2.05, 4.69) is 9.71 Å². The molecular weight excluding hydrogens is 236 g/mol. The maximum Gasteiger partial charge on any atom is 0.241 e. The summed E-state index contributed by atoms with van der Waals surface area (Å²) in [4.78, 5) is 3.28. The van der Waals surface area contributed by atoms with Crippen molar-refractivity contribution in [2.45, 2.75) is 31.2 Å². The SMILES string of the molecule is CC(C)(C)NS(=O)(=O)c1ccc2cc[nH]c2c1. The average molecular weight is 252 g/mol. The van der Waals surface area contributed by atoms with Gasteiger partial charge in [-0.3, -0.25) is 0 Å². The minimum Gasteiger partial charge on any atom is -0.361 e. The molecule has 0 aliphatic carbocycles. The van der Waals surface area contributed by atoms with E-state index in [0.717, 1.165) is 10.9 Å². The second-order valence-electron chi connectivity index (χ2n) is 5.08. The number of hydrogen-bond donors (Lipinski definition) is 2. The largest absolute Gasteiger partial charge is 0.361 e.